The second-order valence-corrected chi connectivity index (χ2v) is 23.2. The third-order valence-electron chi connectivity index (χ3n) is 8.72. The van der Waals surface area contributed by atoms with Gasteiger partial charge in [0.15, 0.2) is 0 Å². The van der Waals surface area contributed by atoms with Gasteiger partial charge in [-0.3, -0.25) is 38.8 Å². The Morgan fingerprint density at radius 3 is 1.01 bits per heavy atom. The molecule has 0 aliphatic carbocycles. The van der Waals surface area contributed by atoms with Gasteiger partial charge in [0, 0.05) is 39.0 Å². The van der Waals surface area contributed by atoms with Gasteiger partial charge in [0.2, 0.25) is 0 Å². The summed E-state index contributed by atoms with van der Waals surface area (Å²) in [7, 11) is -5.04. The van der Waals surface area contributed by atoms with Gasteiger partial charge in [0.1, 0.15) is 18.4 Å². The van der Waals surface area contributed by atoms with Gasteiger partial charge in [0.05, 0.1) is 77.0 Å². The molecule has 0 amide bonds. The number of hydrogen-bond donors (Lipinski definition) is 10. The number of aliphatic hydroxyl groups excluding tert-OH is 3. The van der Waals surface area contributed by atoms with E-state index in [0.29, 0.717) is 0 Å². The van der Waals surface area contributed by atoms with Crippen LogP contribution in [0.4, 0.5) is 0 Å². The van der Waals surface area contributed by atoms with Gasteiger partial charge in [-0.05, 0) is 29.6 Å². The first kappa shape index (κ1) is 79.9. The molecule has 30 nitrogen and oxygen atoms in total. The fourth-order valence-corrected chi connectivity index (χ4v) is 7.24. The number of carboxylic acid groups (broad SMARTS) is 5. The summed E-state index contributed by atoms with van der Waals surface area (Å²) in [5.74, 6) is -6.79. The molecule has 0 heterocycles. The maximum atomic E-state index is 11.9. The summed E-state index contributed by atoms with van der Waals surface area (Å²) in [6.45, 7) is 15.4. The molecule has 426 valence electrons. The van der Waals surface area contributed by atoms with Crippen molar-refractivity contribution >= 4 is 60.9 Å². The summed E-state index contributed by atoms with van der Waals surface area (Å²) in [5.41, 5.74) is 5.10. The van der Waals surface area contributed by atoms with E-state index in [1.165, 1.54) is 42.7 Å². The average molecular weight is 1120 g/mol. The van der Waals surface area contributed by atoms with Gasteiger partial charge in [0.25, 0.3) is 0 Å². The van der Waals surface area contributed by atoms with Crippen LogP contribution in [0.1, 0.15) is 69.2 Å². The summed E-state index contributed by atoms with van der Waals surface area (Å²) in [4.78, 5) is 71.8. The van der Waals surface area contributed by atoms with E-state index in [4.69, 9.17) is 50.1 Å². The van der Waals surface area contributed by atoms with Gasteiger partial charge < -0.3 is 88.9 Å². The van der Waals surface area contributed by atoms with Crippen LogP contribution in [0.15, 0.2) is 0 Å². The minimum atomic E-state index is -4.17. The van der Waals surface area contributed by atoms with Crippen LogP contribution in [-0.2, 0) is 69.4 Å². The van der Waals surface area contributed by atoms with Crippen molar-refractivity contribution in [2.24, 2.45) is 35.3 Å². The predicted molar refractivity (Wildman–Crippen MR) is 250 cm³/mol. The van der Waals surface area contributed by atoms with Crippen LogP contribution in [0.2, 0.25) is 0 Å². The number of nitrogens with two attached hydrogens (primary N) is 1. The quantitative estimate of drug-likeness (QED) is 0.0287. The molecule has 0 bridgehead atoms. The third-order valence-corrected chi connectivity index (χ3v) is 13.4. The van der Waals surface area contributed by atoms with Crippen molar-refractivity contribution in [3.05, 3.63) is 0 Å². The molecule has 5 atom stereocenters. The number of carbonyl (C=O) groups excluding carboxylic acids is 3. The van der Waals surface area contributed by atoms with Gasteiger partial charge in [-0.15, -0.1) is 9.05 Å². The second kappa shape index (κ2) is 42.8. The zero-order chi connectivity index (χ0) is 57.8. The summed E-state index contributed by atoms with van der Waals surface area (Å²) < 4.78 is 70.9. The zero-order valence-electron chi connectivity index (χ0n) is 43.3. The number of hydrogen-bond acceptors (Lipinski definition) is 26. The molecule has 0 spiro atoms. The Bertz CT molecular complexity index is 1620. The Morgan fingerprint density at radius 2 is 0.859 bits per heavy atom. The molecule has 0 aromatic rings. The lowest BCUT2D eigenvalue weighted by Gasteiger charge is -2.34. The first-order valence-electron chi connectivity index (χ1n) is 20.9. The normalized spacial score (nSPS) is 13.7. The lowest BCUT2D eigenvalue weighted by molar-refractivity contribution is -0.315. The highest BCUT2D eigenvalue weighted by molar-refractivity contribution is 7.54. The van der Waals surface area contributed by atoms with Crippen molar-refractivity contribution in [2.75, 3.05) is 81.7 Å². The van der Waals surface area contributed by atoms with E-state index >= 15 is 0 Å². The molecule has 0 fully saturated rings. The van der Waals surface area contributed by atoms with Crippen LogP contribution in [0, 0.1) is 29.6 Å². The molecule has 0 saturated carbocycles. The maximum Gasteiger partial charge on any atom is 0.696 e. The number of nitrogens with zero attached hydrogens (tertiary/aromatic N) is 2. The molecule has 0 aromatic heterocycles. The molecule has 0 rings (SSSR count). The van der Waals surface area contributed by atoms with Crippen molar-refractivity contribution in [2.45, 2.75) is 99.4 Å². The van der Waals surface area contributed by atoms with Gasteiger partial charge in [-0.1, -0.05) is 69.2 Å². The topological polar surface area (TPSA) is 476 Å². The number of aliphatic hydroxyl groups is 3. The number of rotatable bonds is 29. The number of carboxylic acids is 5. The molecule has 0 aliphatic rings. The van der Waals surface area contributed by atoms with E-state index in [2.05, 4.69) is 28.7 Å². The SMILES string of the molecule is CC(C)[C@@H](N)C(=O)[O-].CC(C)[C@@H](NCP(=O)(O)O)C(=O)O.CC(C)[C@H](C(=O)[O-])N(CO)CO.COP(=O)(CN(CO)[C@@H](C(=O)[O-])C(C)C)OC.COP(=O)(CN[C@@H](C(=O)O)C(C)C)OC.CO[P+](=O)OC. The molecular formula is C37H81N5O25P4-2. The van der Waals surface area contributed by atoms with Crippen molar-refractivity contribution in [3.8, 4) is 0 Å². The molecule has 11 N–H and O–H groups in total. The number of nitrogens with one attached hydrogen (secondary N) is 2. The molecule has 0 radical (unpaired) electrons. The smallest absolute Gasteiger partial charge is 0.548 e. The van der Waals surface area contributed by atoms with E-state index in [9.17, 15) is 57.6 Å². The minimum Gasteiger partial charge on any atom is -0.548 e. The standard InChI is InChI=1S/C9H20NO6P.C8H18NO5P.C7H15NO4.C6H14NO5P.C5H11NO2.C2H6O3P/c1-7(2)8(9(12)13)10(5-11)6-17(14,15-3)16-4;1-6(2)7(8(10)11)9-5-15(12,13-3)14-4;1-5(2)6(7(11)12)8(3-9)4-10;1-4(2)5(6(8)9)7-3-13(10,11)12;1-3(2)4(6)5(7)8;1-4-6(3)5-2/h7-8,11H,5-6H2,1-4H3,(H,12,13);6-7,9H,5H2,1-4H3,(H,10,11);5-6,9-10H,3-4H2,1-2H3,(H,11,12);4-5,7H,3H2,1-2H3,(H,8,9)(H2,10,11,12);3-4H,6H2,1-2H3,(H,7,8);1-2H3/q;;;;;+1/p-3/t8-;7-;6-;5-;4-;/m11111./s1. The van der Waals surface area contributed by atoms with Crippen LogP contribution >= 0.6 is 31.0 Å². The van der Waals surface area contributed by atoms with Gasteiger partial charge in [-0.25, -0.2) is 4.90 Å². The third kappa shape index (κ3) is 40.6. The van der Waals surface area contributed by atoms with Crippen LogP contribution in [-0.4, -0.2) is 187 Å². The van der Waals surface area contributed by atoms with E-state index in [0.717, 1.165) is 9.80 Å². The first-order valence-corrected chi connectivity index (χ1v) is 27.3. The van der Waals surface area contributed by atoms with Crippen molar-refractivity contribution in [1.29, 1.82) is 0 Å². The van der Waals surface area contributed by atoms with Crippen LogP contribution in [0.3, 0.4) is 0 Å². The summed E-state index contributed by atoms with van der Waals surface area (Å²) in [5, 5.41) is 80.3. The highest BCUT2D eigenvalue weighted by Crippen LogP contribution is 2.47. The Kier molecular flexibility index (Phi) is 48.2. The zero-order valence-corrected chi connectivity index (χ0v) is 46.8. The monoisotopic (exact) mass is 1120 g/mol. The average Bonchev–Trinajstić information content (AvgIpc) is 3.26. The van der Waals surface area contributed by atoms with E-state index in [-0.39, 0.29) is 42.2 Å². The molecule has 0 unspecified atom stereocenters. The molecular weight excluding hydrogens is 1040 g/mol. The van der Waals surface area contributed by atoms with Gasteiger partial charge in [-0.2, -0.15) is 0 Å². The first-order chi connectivity index (χ1) is 32.3. The lowest BCUT2D eigenvalue weighted by Crippen LogP contribution is -2.51. The highest BCUT2D eigenvalue weighted by atomic mass is 31.2. The minimum absolute atomic E-state index is 0.0417. The van der Waals surface area contributed by atoms with E-state index in [1.54, 1.807) is 69.2 Å². The fourth-order valence-electron chi connectivity index (χ4n) is 4.73. The highest BCUT2D eigenvalue weighted by Gasteiger charge is 2.32. The van der Waals surface area contributed by atoms with Crippen LogP contribution in [0.25, 0.3) is 0 Å². The van der Waals surface area contributed by atoms with Crippen molar-refractivity contribution < 1.29 is 120 Å². The van der Waals surface area contributed by atoms with Crippen molar-refractivity contribution in [3.63, 3.8) is 0 Å². The Hall–Kier alpha value is -2.50. The van der Waals surface area contributed by atoms with Gasteiger partial charge >= 0.3 is 43.0 Å². The fraction of sp³-hybridized carbons (Fsp3) is 0.865. The largest absolute Gasteiger partial charge is 0.696 e. The number of carbonyl (C=O) groups is 5. The molecule has 0 aliphatic heterocycles. The van der Waals surface area contributed by atoms with E-state index < -0.39 is 118 Å². The summed E-state index contributed by atoms with van der Waals surface area (Å²) in [6, 6.07) is -4.51. The van der Waals surface area contributed by atoms with Crippen LogP contribution in [0.5, 0.6) is 0 Å². The molecule has 34 heteroatoms. The molecule has 0 aromatic carbocycles. The Balaban J connectivity index is -0.000000183. The van der Waals surface area contributed by atoms with Crippen molar-refractivity contribution in [1.82, 2.24) is 20.4 Å². The summed E-state index contributed by atoms with van der Waals surface area (Å²) in [6.07, 6.45) is -1.04. The maximum absolute atomic E-state index is 11.9. The second-order valence-electron chi connectivity index (χ2n) is 15.9. The molecule has 0 saturated heterocycles. The summed E-state index contributed by atoms with van der Waals surface area (Å²) >= 11 is 0. The Labute approximate surface area is 417 Å². The Morgan fingerprint density at radius 1 is 0.549 bits per heavy atom. The predicted octanol–water partition coefficient (Wildman–Crippen LogP) is -1.98. The van der Waals surface area contributed by atoms with E-state index in [1.807, 2.05) is 0 Å². The van der Waals surface area contributed by atoms with Crippen LogP contribution < -0.4 is 31.7 Å². The molecule has 71 heavy (non-hydrogen) atoms. The lowest BCUT2D eigenvalue weighted by atomic mass is 10.0. The number of aliphatic carboxylic acids is 5.